The molecule has 1 N–H and O–H groups in total. The average molecular weight is 279 g/mol. The standard InChI is InChI=1S/C14H17NO5/c1-3-4-9-20-14(18)15-11-8-6-5-7-10(11)12(16)13(17)19-2/h5-8H,3-4,9H2,1-2H3,(H,15,18). The van der Waals surface area contributed by atoms with Crippen LogP contribution in [0.2, 0.25) is 0 Å². The van der Waals surface area contributed by atoms with E-state index in [4.69, 9.17) is 4.74 Å². The van der Waals surface area contributed by atoms with Gasteiger partial charge in [-0.25, -0.2) is 9.59 Å². The third-order valence-electron chi connectivity index (χ3n) is 2.51. The Morgan fingerprint density at radius 3 is 2.55 bits per heavy atom. The van der Waals surface area contributed by atoms with E-state index in [2.05, 4.69) is 10.1 Å². The fraction of sp³-hybridized carbons (Fsp3) is 0.357. The first kappa shape index (κ1) is 15.7. The summed E-state index contributed by atoms with van der Waals surface area (Å²) in [5, 5.41) is 2.44. The predicted octanol–water partition coefficient (Wildman–Crippen LogP) is 2.39. The van der Waals surface area contributed by atoms with E-state index in [1.54, 1.807) is 12.1 Å². The Kier molecular flexibility index (Phi) is 6.22. The van der Waals surface area contributed by atoms with E-state index in [0.717, 1.165) is 20.0 Å². The van der Waals surface area contributed by atoms with Crippen molar-refractivity contribution < 1.29 is 23.9 Å². The van der Waals surface area contributed by atoms with Gasteiger partial charge in [-0.1, -0.05) is 25.5 Å². The van der Waals surface area contributed by atoms with Crippen LogP contribution in [-0.2, 0) is 14.3 Å². The van der Waals surface area contributed by atoms with Gasteiger partial charge in [0, 0.05) is 0 Å². The molecule has 1 aromatic rings. The van der Waals surface area contributed by atoms with Crippen LogP contribution < -0.4 is 5.32 Å². The van der Waals surface area contributed by atoms with E-state index in [1.165, 1.54) is 12.1 Å². The minimum absolute atomic E-state index is 0.0618. The van der Waals surface area contributed by atoms with Crippen molar-refractivity contribution in [3.63, 3.8) is 0 Å². The first-order chi connectivity index (χ1) is 9.60. The van der Waals surface area contributed by atoms with E-state index in [-0.39, 0.29) is 11.3 Å². The van der Waals surface area contributed by atoms with Crippen molar-refractivity contribution in [2.45, 2.75) is 19.8 Å². The van der Waals surface area contributed by atoms with Gasteiger partial charge in [0.25, 0.3) is 5.78 Å². The molecule has 1 amide bonds. The molecule has 0 aliphatic heterocycles. The number of Topliss-reactive ketones (excluding diaryl/α,β-unsaturated/α-hetero) is 1. The molecule has 0 fully saturated rings. The lowest BCUT2D eigenvalue weighted by Gasteiger charge is -2.09. The van der Waals surface area contributed by atoms with Gasteiger partial charge in [0.1, 0.15) is 0 Å². The van der Waals surface area contributed by atoms with Crippen LogP contribution in [0.1, 0.15) is 30.1 Å². The van der Waals surface area contributed by atoms with Crippen LogP contribution in [0.25, 0.3) is 0 Å². The summed E-state index contributed by atoms with van der Waals surface area (Å²) in [4.78, 5) is 34.6. The molecular formula is C14H17NO5. The number of para-hydroxylation sites is 1. The molecule has 0 heterocycles. The fourth-order valence-electron chi connectivity index (χ4n) is 1.45. The van der Waals surface area contributed by atoms with Gasteiger partial charge in [0.05, 0.1) is 25.0 Å². The van der Waals surface area contributed by atoms with Gasteiger partial charge in [-0.3, -0.25) is 10.1 Å². The molecule has 0 aliphatic carbocycles. The number of anilines is 1. The van der Waals surface area contributed by atoms with Gasteiger partial charge in [-0.2, -0.15) is 0 Å². The first-order valence-corrected chi connectivity index (χ1v) is 6.25. The number of carbonyl (C=O) groups is 3. The normalized spacial score (nSPS) is 9.70. The highest BCUT2D eigenvalue weighted by Crippen LogP contribution is 2.16. The molecule has 20 heavy (non-hydrogen) atoms. The summed E-state index contributed by atoms with van der Waals surface area (Å²) in [5.74, 6) is -1.81. The van der Waals surface area contributed by atoms with Gasteiger partial charge < -0.3 is 9.47 Å². The predicted molar refractivity (Wildman–Crippen MR) is 72.7 cm³/mol. The zero-order valence-corrected chi connectivity index (χ0v) is 11.5. The number of carbonyl (C=O) groups excluding carboxylic acids is 3. The smallest absolute Gasteiger partial charge is 0.411 e. The monoisotopic (exact) mass is 279 g/mol. The summed E-state index contributed by atoms with van der Waals surface area (Å²) < 4.78 is 9.30. The molecule has 0 bridgehead atoms. The van der Waals surface area contributed by atoms with Crippen molar-refractivity contribution in [3.8, 4) is 0 Å². The Morgan fingerprint density at radius 2 is 1.90 bits per heavy atom. The Morgan fingerprint density at radius 1 is 1.20 bits per heavy atom. The fourth-order valence-corrected chi connectivity index (χ4v) is 1.45. The highest BCUT2D eigenvalue weighted by Gasteiger charge is 2.20. The van der Waals surface area contributed by atoms with E-state index in [1.807, 2.05) is 6.92 Å². The molecule has 0 radical (unpaired) electrons. The van der Waals surface area contributed by atoms with E-state index >= 15 is 0 Å². The Bertz CT molecular complexity index is 498. The summed E-state index contributed by atoms with van der Waals surface area (Å²) in [6.07, 6.45) is 1.00. The van der Waals surface area contributed by atoms with Gasteiger partial charge in [-0.05, 0) is 18.6 Å². The minimum atomic E-state index is -0.987. The molecule has 6 heteroatoms. The number of esters is 1. The van der Waals surface area contributed by atoms with Crippen molar-refractivity contribution in [1.82, 2.24) is 0 Å². The molecule has 0 atom stereocenters. The molecule has 1 rings (SSSR count). The van der Waals surface area contributed by atoms with Crippen LogP contribution in [0.4, 0.5) is 10.5 Å². The zero-order valence-electron chi connectivity index (χ0n) is 11.5. The topological polar surface area (TPSA) is 81.7 Å². The summed E-state index contributed by atoms with van der Waals surface area (Å²) in [5.41, 5.74) is 0.274. The number of hydrogen-bond acceptors (Lipinski definition) is 5. The Labute approximate surface area is 117 Å². The minimum Gasteiger partial charge on any atom is -0.463 e. The number of benzene rings is 1. The largest absolute Gasteiger partial charge is 0.463 e. The van der Waals surface area contributed by atoms with Gasteiger partial charge >= 0.3 is 12.1 Å². The number of amides is 1. The first-order valence-electron chi connectivity index (χ1n) is 6.25. The van der Waals surface area contributed by atoms with Crippen LogP contribution in [0, 0.1) is 0 Å². The van der Waals surface area contributed by atoms with E-state index < -0.39 is 17.8 Å². The second kappa shape index (κ2) is 7.93. The molecule has 0 unspecified atom stereocenters. The number of methoxy groups -OCH3 is 1. The van der Waals surface area contributed by atoms with Gasteiger partial charge in [0.15, 0.2) is 0 Å². The third-order valence-corrected chi connectivity index (χ3v) is 2.51. The van der Waals surface area contributed by atoms with E-state index in [9.17, 15) is 14.4 Å². The maximum absolute atomic E-state index is 11.8. The maximum Gasteiger partial charge on any atom is 0.411 e. The molecule has 1 aromatic carbocycles. The zero-order chi connectivity index (χ0) is 15.0. The average Bonchev–Trinajstić information content (AvgIpc) is 2.46. The molecule has 6 nitrogen and oxygen atoms in total. The molecule has 0 saturated carbocycles. The number of ether oxygens (including phenoxy) is 2. The lowest BCUT2D eigenvalue weighted by atomic mass is 10.1. The highest BCUT2D eigenvalue weighted by molar-refractivity contribution is 6.42. The van der Waals surface area contributed by atoms with Gasteiger partial charge in [-0.15, -0.1) is 0 Å². The van der Waals surface area contributed by atoms with Crippen molar-refractivity contribution in [3.05, 3.63) is 29.8 Å². The summed E-state index contributed by atoms with van der Waals surface area (Å²) in [6, 6.07) is 6.16. The highest BCUT2D eigenvalue weighted by atomic mass is 16.5. The van der Waals surface area contributed by atoms with Crippen molar-refractivity contribution in [2.75, 3.05) is 19.0 Å². The van der Waals surface area contributed by atoms with Crippen molar-refractivity contribution >= 4 is 23.5 Å². The molecule has 0 saturated heterocycles. The lowest BCUT2D eigenvalue weighted by Crippen LogP contribution is -2.20. The van der Waals surface area contributed by atoms with Crippen LogP contribution in [0.15, 0.2) is 24.3 Å². The van der Waals surface area contributed by atoms with Gasteiger partial charge in [0.2, 0.25) is 0 Å². The number of nitrogens with one attached hydrogen (secondary N) is 1. The van der Waals surface area contributed by atoms with Crippen molar-refractivity contribution in [2.24, 2.45) is 0 Å². The number of ketones is 1. The third kappa shape index (κ3) is 4.38. The number of unbranched alkanes of at least 4 members (excludes halogenated alkanes) is 1. The van der Waals surface area contributed by atoms with Crippen LogP contribution in [0.5, 0.6) is 0 Å². The Balaban J connectivity index is 2.78. The summed E-state index contributed by atoms with van der Waals surface area (Å²) in [6.45, 7) is 2.28. The quantitative estimate of drug-likeness (QED) is 0.374. The SMILES string of the molecule is CCCCOC(=O)Nc1ccccc1C(=O)C(=O)OC. The van der Waals surface area contributed by atoms with Crippen molar-refractivity contribution in [1.29, 1.82) is 0 Å². The Hall–Kier alpha value is -2.37. The number of hydrogen-bond donors (Lipinski definition) is 1. The molecule has 108 valence electrons. The van der Waals surface area contributed by atoms with Crippen LogP contribution >= 0.6 is 0 Å². The molecular weight excluding hydrogens is 262 g/mol. The molecule has 0 aromatic heterocycles. The second-order valence-corrected chi connectivity index (χ2v) is 3.98. The summed E-state index contributed by atoms with van der Waals surface area (Å²) >= 11 is 0. The lowest BCUT2D eigenvalue weighted by molar-refractivity contribution is -0.135. The van der Waals surface area contributed by atoms with Crippen LogP contribution in [-0.4, -0.2) is 31.6 Å². The maximum atomic E-state index is 11.8. The van der Waals surface area contributed by atoms with E-state index in [0.29, 0.717) is 6.61 Å². The van der Waals surface area contributed by atoms with Crippen LogP contribution in [0.3, 0.4) is 0 Å². The summed E-state index contributed by atoms with van der Waals surface area (Å²) in [7, 11) is 1.12. The molecule has 0 spiro atoms. The number of rotatable bonds is 6. The molecule has 0 aliphatic rings. The second-order valence-electron chi connectivity index (χ2n) is 3.98.